The molecule has 1 heterocycles. The lowest BCUT2D eigenvalue weighted by Gasteiger charge is -2.40. The Morgan fingerprint density at radius 3 is 1.62 bits per heavy atom. The molecule has 0 radical (unpaired) electrons. The zero-order chi connectivity index (χ0) is 17.8. The molecule has 0 bridgehead atoms. The average molecular weight is 377 g/mol. The quantitative estimate of drug-likeness (QED) is 0.421. The van der Waals surface area contributed by atoms with Crippen LogP contribution < -0.4 is 0 Å². The highest BCUT2D eigenvalue weighted by molar-refractivity contribution is 8.34. The molecule has 0 N–H and O–H groups in total. The van der Waals surface area contributed by atoms with Crippen LogP contribution in [0.3, 0.4) is 0 Å². The van der Waals surface area contributed by atoms with E-state index in [9.17, 15) is 0 Å². The van der Waals surface area contributed by atoms with Crippen molar-refractivity contribution in [3.63, 3.8) is 0 Å². The van der Waals surface area contributed by atoms with Gasteiger partial charge in [-0.1, -0.05) is 13.8 Å². The van der Waals surface area contributed by atoms with E-state index >= 15 is 0 Å². The molecule has 0 saturated carbocycles. The second-order valence-corrected chi connectivity index (χ2v) is 11.6. The van der Waals surface area contributed by atoms with E-state index in [-0.39, 0.29) is 0 Å². The van der Waals surface area contributed by atoms with Gasteiger partial charge in [0.05, 0.1) is 0 Å². The minimum atomic E-state index is -0.826. The van der Waals surface area contributed by atoms with E-state index < -0.39 is 10.0 Å². The maximum atomic E-state index is 5.34. The Morgan fingerprint density at radius 2 is 1.29 bits per heavy atom. The van der Waals surface area contributed by atoms with Gasteiger partial charge < -0.3 is 14.2 Å². The molecule has 1 aromatic rings. The SMILES string of the molecule is COCCCS(CCCOC)(CCCOC)c1ccc(C(C)C)s1. The maximum Gasteiger partial charge on any atom is 0.0469 e. The molecule has 0 saturated heterocycles. The highest BCUT2D eigenvalue weighted by atomic mass is 32.3. The summed E-state index contributed by atoms with van der Waals surface area (Å²) in [7, 11) is 4.58. The van der Waals surface area contributed by atoms with E-state index in [0.29, 0.717) is 5.92 Å². The van der Waals surface area contributed by atoms with Gasteiger partial charge in [0.1, 0.15) is 0 Å². The number of hydrogen-bond acceptors (Lipinski definition) is 4. The number of rotatable bonds is 14. The third-order valence-corrected chi connectivity index (χ3v) is 10.9. The summed E-state index contributed by atoms with van der Waals surface area (Å²) in [6.07, 6.45) is 3.42. The second-order valence-electron chi connectivity index (χ2n) is 6.51. The van der Waals surface area contributed by atoms with Crippen LogP contribution in [0.4, 0.5) is 0 Å². The van der Waals surface area contributed by atoms with E-state index in [1.54, 1.807) is 25.5 Å². The van der Waals surface area contributed by atoms with Crippen molar-refractivity contribution in [1.82, 2.24) is 0 Å². The molecule has 142 valence electrons. The van der Waals surface area contributed by atoms with Crippen molar-refractivity contribution in [2.45, 2.75) is 43.2 Å². The third-order valence-electron chi connectivity index (χ3n) is 4.25. The summed E-state index contributed by atoms with van der Waals surface area (Å²) in [4.78, 5) is 1.51. The van der Waals surface area contributed by atoms with E-state index in [1.165, 1.54) is 22.1 Å². The summed E-state index contributed by atoms with van der Waals surface area (Å²) in [5, 5.41) is 0. The average Bonchev–Trinajstić information content (AvgIpc) is 3.06. The van der Waals surface area contributed by atoms with Gasteiger partial charge in [0, 0.05) is 50.2 Å². The zero-order valence-corrected chi connectivity index (χ0v) is 17.8. The second kappa shape index (κ2) is 12.3. The standard InChI is InChI=1S/C19H36O3S2/c1-17(2)18-9-10-19(23-18)24(14-6-11-20-3,15-7-12-21-4)16-8-13-22-5/h9-10,17H,6-8,11-16H2,1-5H3. The molecule has 0 atom stereocenters. The van der Waals surface area contributed by atoms with Crippen molar-refractivity contribution in [2.75, 3.05) is 58.4 Å². The predicted molar refractivity (Wildman–Crippen MR) is 108 cm³/mol. The van der Waals surface area contributed by atoms with Crippen molar-refractivity contribution < 1.29 is 14.2 Å². The van der Waals surface area contributed by atoms with Crippen LogP contribution in [0.2, 0.25) is 0 Å². The summed E-state index contributed by atoms with van der Waals surface area (Å²) >= 11 is 2.04. The molecular weight excluding hydrogens is 340 g/mol. The third kappa shape index (κ3) is 7.04. The summed E-state index contributed by atoms with van der Waals surface area (Å²) < 4.78 is 17.6. The molecule has 0 unspecified atom stereocenters. The molecule has 1 rings (SSSR count). The first-order valence-corrected chi connectivity index (χ1v) is 11.9. The van der Waals surface area contributed by atoms with Gasteiger partial charge in [-0.15, -0.1) is 11.3 Å². The van der Waals surface area contributed by atoms with Crippen LogP contribution in [0.15, 0.2) is 16.3 Å². The lowest BCUT2D eigenvalue weighted by atomic mass is 10.2. The van der Waals surface area contributed by atoms with Gasteiger partial charge in [-0.25, -0.2) is 10.0 Å². The van der Waals surface area contributed by atoms with Crippen LogP contribution in [0.5, 0.6) is 0 Å². The van der Waals surface area contributed by atoms with E-state index in [2.05, 4.69) is 26.0 Å². The molecule has 0 aromatic carbocycles. The van der Waals surface area contributed by atoms with Crippen LogP contribution in [0, 0.1) is 0 Å². The van der Waals surface area contributed by atoms with Crippen LogP contribution in [0.1, 0.15) is 43.9 Å². The fourth-order valence-electron chi connectivity index (χ4n) is 2.92. The molecule has 0 amide bonds. The minimum absolute atomic E-state index is 0.609. The molecular formula is C19H36O3S2. The number of methoxy groups -OCH3 is 3. The zero-order valence-electron chi connectivity index (χ0n) is 16.1. The van der Waals surface area contributed by atoms with E-state index in [0.717, 1.165) is 39.1 Å². The highest BCUT2D eigenvalue weighted by Gasteiger charge is 2.27. The van der Waals surface area contributed by atoms with Crippen molar-refractivity contribution >= 4 is 21.4 Å². The molecule has 24 heavy (non-hydrogen) atoms. The minimum Gasteiger partial charge on any atom is -0.385 e. The molecule has 0 aliphatic heterocycles. The van der Waals surface area contributed by atoms with Gasteiger partial charge in [0.15, 0.2) is 0 Å². The van der Waals surface area contributed by atoms with Crippen LogP contribution in [0.25, 0.3) is 0 Å². The summed E-state index contributed by atoms with van der Waals surface area (Å²) in [5.74, 6) is 4.38. The van der Waals surface area contributed by atoms with E-state index in [4.69, 9.17) is 14.2 Å². The molecule has 0 spiro atoms. The Balaban J connectivity index is 2.99. The van der Waals surface area contributed by atoms with Gasteiger partial charge >= 0.3 is 0 Å². The topological polar surface area (TPSA) is 27.7 Å². The molecule has 0 aliphatic rings. The Labute approximate surface area is 154 Å². The first-order valence-electron chi connectivity index (χ1n) is 8.92. The predicted octanol–water partition coefficient (Wildman–Crippen LogP) is 5.14. The Hall–Kier alpha value is -0.0700. The number of hydrogen-bond donors (Lipinski definition) is 0. The fraction of sp³-hybridized carbons (Fsp3) is 0.789. The normalized spacial score (nSPS) is 12.9. The Bertz CT molecular complexity index is 405. The smallest absolute Gasteiger partial charge is 0.0469 e. The number of ether oxygens (including phenoxy) is 3. The summed E-state index contributed by atoms with van der Waals surface area (Å²) in [6, 6.07) is 4.75. The summed E-state index contributed by atoms with van der Waals surface area (Å²) in [5.41, 5.74) is 0. The van der Waals surface area contributed by atoms with Crippen molar-refractivity contribution in [3.8, 4) is 0 Å². The van der Waals surface area contributed by atoms with Crippen LogP contribution in [-0.2, 0) is 14.2 Å². The van der Waals surface area contributed by atoms with Gasteiger partial charge in [0.25, 0.3) is 0 Å². The highest BCUT2D eigenvalue weighted by Crippen LogP contribution is 2.60. The fourth-order valence-corrected chi connectivity index (χ4v) is 8.99. The van der Waals surface area contributed by atoms with Crippen molar-refractivity contribution in [1.29, 1.82) is 0 Å². The summed E-state index contributed by atoms with van der Waals surface area (Å²) in [6.45, 7) is 7.13. The number of thiophene rings is 1. The van der Waals surface area contributed by atoms with Crippen LogP contribution in [-0.4, -0.2) is 58.4 Å². The van der Waals surface area contributed by atoms with Crippen LogP contribution >= 0.6 is 21.4 Å². The van der Waals surface area contributed by atoms with Gasteiger partial charge in [-0.05, 0) is 54.6 Å². The lowest BCUT2D eigenvalue weighted by molar-refractivity contribution is 0.197. The van der Waals surface area contributed by atoms with Gasteiger partial charge in [0.2, 0.25) is 0 Å². The maximum absolute atomic E-state index is 5.34. The molecule has 0 aliphatic carbocycles. The van der Waals surface area contributed by atoms with Crippen molar-refractivity contribution in [3.05, 3.63) is 17.0 Å². The first-order chi connectivity index (χ1) is 11.6. The largest absolute Gasteiger partial charge is 0.385 e. The lowest BCUT2D eigenvalue weighted by Crippen LogP contribution is -2.17. The van der Waals surface area contributed by atoms with E-state index in [1.807, 2.05) is 11.3 Å². The molecule has 5 heteroatoms. The molecule has 3 nitrogen and oxygen atoms in total. The first kappa shape index (κ1) is 22.0. The van der Waals surface area contributed by atoms with Gasteiger partial charge in [-0.2, -0.15) is 0 Å². The van der Waals surface area contributed by atoms with Gasteiger partial charge in [-0.3, -0.25) is 0 Å². The Kier molecular flexibility index (Phi) is 11.3. The molecule has 0 fully saturated rings. The molecule has 1 aromatic heterocycles. The van der Waals surface area contributed by atoms with Crippen molar-refractivity contribution in [2.24, 2.45) is 0 Å². The monoisotopic (exact) mass is 376 g/mol. The Morgan fingerprint density at radius 1 is 0.833 bits per heavy atom.